The molecule has 0 radical (unpaired) electrons. The van der Waals surface area contributed by atoms with E-state index in [-0.39, 0.29) is 24.5 Å². The predicted octanol–water partition coefficient (Wildman–Crippen LogP) is 3.90. The molecule has 1 aliphatic heterocycles. The zero-order chi connectivity index (χ0) is 26.0. The third kappa shape index (κ3) is 4.70. The number of benzene rings is 2. The summed E-state index contributed by atoms with van der Waals surface area (Å²) in [7, 11) is 4.93. The molecule has 2 heterocycles. The Morgan fingerprint density at radius 3 is 2.64 bits per heavy atom. The van der Waals surface area contributed by atoms with Crippen molar-refractivity contribution in [3.05, 3.63) is 59.8 Å². The van der Waals surface area contributed by atoms with Crippen LogP contribution in [-0.4, -0.2) is 77.5 Å². The number of hydrogen-bond donors (Lipinski definition) is 1. The van der Waals surface area contributed by atoms with Crippen LogP contribution in [0.5, 0.6) is 0 Å². The van der Waals surface area contributed by atoms with E-state index in [1.54, 1.807) is 11.9 Å². The number of amides is 2. The smallest absolute Gasteiger partial charge is 0.409 e. The SMILES string of the molecule is COC(=O)N(C)C[C@@H]1OCc2ccccc2-c2c(n(C)c3ccccc23)C(=O)N([C@H](C)CO)C[C@H]1C. The number of aliphatic hydroxyl groups excluding tert-OH is 1. The van der Waals surface area contributed by atoms with Crippen LogP contribution < -0.4 is 0 Å². The first-order chi connectivity index (χ1) is 17.3. The van der Waals surface area contributed by atoms with E-state index >= 15 is 0 Å². The monoisotopic (exact) mass is 493 g/mol. The molecule has 2 amide bonds. The summed E-state index contributed by atoms with van der Waals surface area (Å²) in [5, 5.41) is 11.1. The molecular formula is C28H35N3O5. The summed E-state index contributed by atoms with van der Waals surface area (Å²) in [4.78, 5) is 29.6. The van der Waals surface area contributed by atoms with Crippen molar-refractivity contribution in [3.8, 4) is 11.1 Å². The van der Waals surface area contributed by atoms with Crippen molar-refractivity contribution in [3.63, 3.8) is 0 Å². The highest BCUT2D eigenvalue weighted by Crippen LogP contribution is 2.38. The Labute approximate surface area is 212 Å². The predicted molar refractivity (Wildman–Crippen MR) is 139 cm³/mol. The molecule has 8 nitrogen and oxygen atoms in total. The van der Waals surface area contributed by atoms with Crippen molar-refractivity contribution >= 4 is 22.9 Å². The van der Waals surface area contributed by atoms with E-state index in [0.717, 1.165) is 27.6 Å². The van der Waals surface area contributed by atoms with Gasteiger partial charge in [0.15, 0.2) is 0 Å². The van der Waals surface area contributed by atoms with Crippen molar-refractivity contribution < 1.29 is 24.2 Å². The van der Waals surface area contributed by atoms with Gasteiger partial charge in [-0.15, -0.1) is 0 Å². The van der Waals surface area contributed by atoms with Crippen LogP contribution in [0.1, 0.15) is 29.9 Å². The second-order valence-corrected chi connectivity index (χ2v) is 9.62. The maximum atomic E-state index is 14.3. The first-order valence-corrected chi connectivity index (χ1v) is 12.3. The van der Waals surface area contributed by atoms with Crippen molar-refractivity contribution in [1.29, 1.82) is 0 Å². The van der Waals surface area contributed by atoms with Crippen molar-refractivity contribution in [2.45, 2.75) is 32.6 Å². The Balaban J connectivity index is 1.90. The number of para-hydroxylation sites is 1. The van der Waals surface area contributed by atoms with Gasteiger partial charge in [-0.1, -0.05) is 49.4 Å². The molecule has 1 aliphatic rings. The summed E-state index contributed by atoms with van der Waals surface area (Å²) in [5.74, 6) is -0.271. The van der Waals surface area contributed by atoms with E-state index in [2.05, 4.69) is 0 Å². The van der Waals surface area contributed by atoms with Gasteiger partial charge in [0, 0.05) is 43.0 Å². The number of methoxy groups -OCH3 is 1. The van der Waals surface area contributed by atoms with Gasteiger partial charge in [0.2, 0.25) is 0 Å². The van der Waals surface area contributed by atoms with Crippen LogP contribution in [0.3, 0.4) is 0 Å². The average Bonchev–Trinajstić information content (AvgIpc) is 3.19. The van der Waals surface area contributed by atoms with Gasteiger partial charge in [-0.3, -0.25) is 4.79 Å². The Morgan fingerprint density at radius 2 is 1.92 bits per heavy atom. The first kappa shape index (κ1) is 25.7. The minimum atomic E-state index is -0.448. The lowest BCUT2D eigenvalue weighted by molar-refractivity contribution is -0.0220. The van der Waals surface area contributed by atoms with Gasteiger partial charge in [-0.2, -0.15) is 0 Å². The van der Waals surface area contributed by atoms with Crippen molar-refractivity contribution in [2.24, 2.45) is 13.0 Å². The maximum absolute atomic E-state index is 14.3. The van der Waals surface area contributed by atoms with E-state index in [4.69, 9.17) is 9.47 Å². The summed E-state index contributed by atoms with van der Waals surface area (Å²) in [6.45, 7) is 4.68. The molecule has 192 valence electrons. The van der Waals surface area contributed by atoms with Gasteiger partial charge in [0.25, 0.3) is 5.91 Å². The molecule has 0 saturated carbocycles. The molecule has 0 spiro atoms. The molecule has 3 aromatic rings. The number of likely N-dealkylation sites (N-methyl/N-ethyl adjacent to an activating group) is 1. The van der Waals surface area contributed by atoms with Crippen LogP contribution in [0.15, 0.2) is 48.5 Å². The van der Waals surface area contributed by atoms with Crippen LogP contribution >= 0.6 is 0 Å². The number of ether oxygens (including phenoxy) is 2. The quantitative estimate of drug-likeness (QED) is 0.596. The standard InChI is InChI=1S/C28H35N3O5/c1-18-14-31(19(2)16-32)27(33)26-25(22-12-8-9-13-23(22)30(26)4)21-11-7-6-10-20(21)17-36-24(18)15-29(3)28(34)35-5/h6-13,18-19,24,32H,14-17H2,1-5H3/t18-,19-,24+/m1/s1. The molecule has 1 aromatic heterocycles. The fourth-order valence-electron chi connectivity index (χ4n) is 5.03. The van der Waals surface area contributed by atoms with Gasteiger partial charge in [0.1, 0.15) is 5.69 Å². The summed E-state index contributed by atoms with van der Waals surface area (Å²) < 4.78 is 13.3. The van der Waals surface area contributed by atoms with Crippen LogP contribution in [0, 0.1) is 5.92 Å². The van der Waals surface area contributed by atoms with E-state index in [1.165, 1.54) is 12.0 Å². The van der Waals surface area contributed by atoms with Crippen molar-refractivity contribution in [1.82, 2.24) is 14.4 Å². The Kier molecular flexibility index (Phi) is 7.66. The molecule has 1 N–H and O–H groups in total. The topological polar surface area (TPSA) is 84.2 Å². The molecule has 8 heteroatoms. The Bertz CT molecular complexity index is 1250. The lowest BCUT2D eigenvalue weighted by Gasteiger charge is -2.34. The summed E-state index contributed by atoms with van der Waals surface area (Å²) in [5.41, 5.74) is 4.31. The minimum Gasteiger partial charge on any atom is -0.453 e. The molecule has 36 heavy (non-hydrogen) atoms. The Hall–Kier alpha value is -3.36. The van der Waals surface area contributed by atoms with E-state index in [1.807, 2.05) is 74.0 Å². The highest BCUT2D eigenvalue weighted by atomic mass is 16.5. The lowest BCUT2D eigenvalue weighted by Crippen LogP contribution is -2.48. The molecule has 2 aromatic carbocycles. The normalized spacial score (nSPS) is 19.3. The maximum Gasteiger partial charge on any atom is 0.409 e. The van der Waals surface area contributed by atoms with Gasteiger partial charge >= 0.3 is 6.09 Å². The number of aliphatic hydroxyl groups is 1. The van der Waals surface area contributed by atoms with E-state index < -0.39 is 12.1 Å². The molecule has 0 aliphatic carbocycles. The molecule has 0 saturated heterocycles. The molecule has 4 rings (SSSR count). The minimum absolute atomic E-state index is 0.126. The number of rotatable bonds is 4. The number of carbonyl (C=O) groups is 2. The van der Waals surface area contributed by atoms with Gasteiger partial charge in [0.05, 0.1) is 39.0 Å². The second kappa shape index (κ2) is 10.7. The van der Waals surface area contributed by atoms with Crippen LogP contribution in [0.4, 0.5) is 4.79 Å². The first-order valence-electron chi connectivity index (χ1n) is 12.3. The fraction of sp³-hybridized carbons (Fsp3) is 0.429. The molecule has 0 fully saturated rings. The highest BCUT2D eigenvalue weighted by Gasteiger charge is 2.33. The van der Waals surface area contributed by atoms with Crippen LogP contribution in [0.25, 0.3) is 22.0 Å². The number of hydrogen-bond acceptors (Lipinski definition) is 5. The summed E-state index contributed by atoms with van der Waals surface area (Å²) >= 11 is 0. The van der Waals surface area contributed by atoms with Gasteiger partial charge in [-0.05, 0) is 24.1 Å². The molecule has 0 unspecified atom stereocenters. The van der Waals surface area contributed by atoms with E-state index in [0.29, 0.717) is 25.4 Å². The number of carbonyl (C=O) groups excluding carboxylic acids is 2. The third-order valence-electron chi connectivity index (χ3n) is 7.17. The van der Waals surface area contributed by atoms with Crippen LogP contribution in [-0.2, 0) is 23.1 Å². The largest absolute Gasteiger partial charge is 0.453 e. The lowest BCUT2D eigenvalue weighted by atomic mass is 9.96. The number of aromatic nitrogens is 1. The summed E-state index contributed by atoms with van der Waals surface area (Å²) in [6.07, 6.45) is -0.808. The van der Waals surface area contributed by atoms with Gasteiger partial charge < -0.3 is 28.9 Å². The van der Waals surface area contributed by atoms with Gasteiger partial charge in [-0.25, -0.2) is 4.79 Å². The zero-order valence-electron chi connectivity index (χ0n) is 21.6. The number of aryl methyl sites for hydroxylation is 1. The molecular weight excluding hydrogens is 458 g/mol. The third-order valence-corrected chi connectivity index (χ3v) is 7.17. The summed E-state index contributed by atoms with van der Waals surface area (Å²) in [6, 6.07) is 15.6. The number of nitrogens with zero attached hydrogens (tertiary/aromatic N) is 3. The molecule has 0 bridgehead atoms. The fourth-order valence-corrected chi connectivity index (χ4v) is 5.03. The molecule has 3 atom stereocenters. The second-order valence-electron chi connectivity index (χ2n) is 9.62. The van der Waals surface area contributed by atoms with Crippen LogP contribution in [0.2, 0.25) is 0 Å². The number of fused-ring (bicyclic) bond motifs is 5. The highest BCUT2D eigenvalue weighted by molar-refractivity contribution is 6.10. The average molecular weight is 494 g/mol. The van der Waals surface area contributed by atoms with E-state index in [9.17, 15) is 14.7 Å². The Morgan fingerprint density at radius 1 is 1.22 bits per heavy atom. The zero-order valence-corrected chi connectivity index (χ0v) is 21.6. The van der Waals surface area contributed by atoms with Crippen molar-refractivity contribution in [2.75, 3.05) is 33.9 Å².